The molecule has 0 aromatic heterocycles. The second-order valence-corrected chi connectivity index (χ2v) is 10.9. The molecule has 4 rings (SSSR count). The molecule has 3 nitrogen and oxygen atoms in total. The van der Waals surface area contributed by atoms with Crippen molar-refractivity contribution in [2.45, 2.75) is 39.2 Å². The molecule has 2 atom stereocenters. The van der Waals surface area contributed by atoms with Crippen LogP contribution in [0, 0.1) is 68.9 Å². The summed E-state index contributed by atoms with van der Waals surface area (Å²) in [6.07, 6.45) is 18.0. The van der Waals surface area contributed by atoms with Gasteiger partial charge in [-0.1, -0.05) is 81.1 Å². The summed E-state index contributed by atoms with van der Waals surface area (Å²) in [6, 6.07) is 20.6. The van der Waals surface area contributed by atoms with Gasteiger partial charge in [-0.05, 0) is 88.3 Å². The molecule has 2 aromatic carbocycles. The minimum absolute atomic E-state index is 0. The fourth-order valence-corrected chi connectivity index (χ4v) is 6.64. The molecular formula is C33H35FeO3P. The Morgan fingerprint density at radius 3 is 1.84 bits per heavy atom. The van der Waals surface area contributed by atoms with Crippen LogP contribution in [0.5, 0.6) is 0 Å². The Labute approximate surface area is 242 Å². The van der Waals surface area contributed by atoms with Crippen molar-refractivity contribution in [3.05, 3.63) is 136 Å². The molecule has 0 amide bonds. The first-order valence-corrected chi connectivity index (χ1v) is 14.1. The van der Waals surface area contributed by atoms with Crippen LogP contribution in [0.2, 0.25) is 0 Å². The maximum atomic E-state index is 13.4. The van der Waals surface area contributed by atoms with Crippen molar-refractivity contribution in [3.8, 4) is 0 Å². The Bertz CT molecular complexity index is 914. The normalized spacial score (nSPS) is 17.1. The first-order valence-electron chi connectivity index (χ1n) is 12.8. The van der Waals surface area contributed by atoms with E-state index in [1.807, 2.05) is 102 Å². The molecule has 2 aliphatic carbocycles. The quantitative estimate of drug-likeness (QED) is 0.105. The Morgan fingerprint density at radius 1 is 0.868 bits per heavy atom. The maximum absolute atomic E-state index is 13.4. The third-order valence-electron chi connectivity index (χ3n) is 6.28. The molecule has 2 aromatic rings. The minimum atomic E-state index is -0.911. The Hall–Kier alpha value is -1.73. The summed E-state index contributed by atoms with van der Waals surface area (Å²) >= 11 is 0. The minimum Gasteiger partial charge on any atom is -0.457 e. The number of carbonyl (C=O) groups excluding carboxylic acids is 2. The number of hydrogen-bond acceptors (Lipinski definition) is 3. The predicted molar refractivity (Wildman–Crippen MR) is 154 cm³/mol. The molecule has 5 heteroatoms. The summed E-state index contributed by atoms with van der Waals surface area (Å²) in [6.45, 7) is 8.13. The average molecular weight is 566 g/mol. The van der Waals surface area contributed by atoms with Gasteiger partial charge < -0.3 is 9.53 Å². The molecule has 0 aliphatic heterocycles. The SMILES string of the molecule is C=C(CC)[C@H](OC(=O)[C]1[CH][CH][CH][C]1P(c1ccccc1)c1ccccc1)[C@@H](CC)CC=O.[CH]1[CH][CH][CH][CH]1.[Fe]. The third kappa shape index (κ3) is 9.18. The van der Waals surface area contributed by atoms with Crippen LogP contribution in [0.4, 0.5) is 0 Å². The van der Waals surface area contributed by atoms with Crippen LogP contribution < -0.4 is 10.6 Å². The van der Waals surface area contributed by atoms with Gasteiger partial charge in [-0.2, -0.15) is 0 Å². The average Bonchev–Trinajstić information content (AvgIpc) is 3.68. The van der Waals surface area contributed by atoms with E-state index in [9.17, 15) is 9.59 Å². The van der Waals surface area contributed by atoms with Crippen LogP contribution in [0.25, 0.3) is 0 Å². The molecule has 2 fully saturated rings. The van der Waals surface area contributed by atoms with E-state index < -0.39 is 14.0 Å². The number of benzene rings is 2. The molecule has 0 spiro atoms. The zero-order valence-electron chi connectivity index (χ0n) is 22.0. The van der Waals surface area contributed by atoms with E-state index in [1.54, 1.807) is 0 Å². The second-order valence-electron chi connectivity index (χ2n) is 8.70. The standard InChI is InChI=1S/C28H30O3P.C5H5.Fe/c1-4-21(3)27(22(5-2)19-20-29)31-28(30)25-17-12-18-26(25)32(23-13-8-6-9-14-23)24-15-10-7-11-16-24;1-2-4-5-3-1;/h6-18,20,22,27H,3-5,19H2,1-2H3;1-5H;/t22-,27-;;/m0../s1. The van der Waals surface area contributed by atoms with Crippen LogP contribution in [0.15, 0.2) is 72.8 Å². The molecule has 10 radical (unpaired) electrons. The first kappa shape index (κ1) is 32.5. The number of rotatable bonds is 11. The Balaban J connectivity index is 0.000000756. The van der Waals surface area contributed by atoms with Gasteiger partial charge in [0.05, 0.1) is 0 Å². The van der Waals surface area contributed by atoms with Gasteiger partial charge in [-0.15, -0.1) is 0 Å². The van der Waals surface area contributed by atoms with Gasteiger partial charge in [0.15, 0.2) is 0 Å². The maximum Gasteiger partial charge on any atom is 0.315 e. The molecule has 2 saturated carbocycles. The number of ether oxygens (including phenoxy) is 1. The van der Waals surface area contributed by atoms with Crippen LogP contribution in [-0.2, 0) is 31.4 Å². The molecule has 2 aliphatic rings. The van der Waals surface area contributed by atoms with Crippen molar-refractivity contribution in [3.63, 3.8) is 0 Å². The van der Waals surface area contributed by atoms with Crippen LogP contribution >= 0.6 is 7.92 Å². The summed E-state index contributed by atoms with van der Waals surface area (Å²) in [4.78, 5) is 24.6. The number of carbonyl (C=O) groups is 2. The fraction of sp³-hybridized carbons (Fsp3) is 0.212. The van der Waals surface area contributed by atoms with E-state index in [-0.39, 0.29) is 29.0 Å². The van der Waals surface area contributed by atoms with Gasteiger partial charge in [0, 0.05) is 35.1 Å². The van der Waals surface area contributed by atoms with Crippen LogP contribution in [0.3, 0.4) is 0 Å². The van der Waals surface area contributed by atoms with E-state index in [4.69, 9.17) is 4.74 Å². The van der Waals surface area contributed by atoms with Crippen LogP contribution in [-0.4, -0.2) is 18.4 Å². The van der Waals surface area contributed by atoms with Crippen molar-refractivity contribution < 1.29 is 31.4 Å². The second kappa shape index (κ2) is 17.8. The monoisotopic (exact) mass is 566 g/mol. The molecule has 198 valence electrons. The summed E-state index contributed by atoms with van der Waals surface area (Å²) < 4.78 is 6.03. The van der Waals surface area contributed by atoms with Gasteiger partial charge in [0.2, 0.25) is 0 Å². The molecule has 0 bridgehead atoms. The first-order chi connectivity index (χ1) is 18.1. The third-order valence-corrected chi connectivity index (χ3v) is 8.78. The van der Waals surface area contributed by atoms with E-state index in [0.717, 1.165) is 23.9 Å². The van der Waals surface area contributed by atoms with E-state index in [2.05, 4.69) is 30.8 Å². The molecule has 38 heavy (non-hydrogen) atoms. The molecule has 0 N–H and O–H groups in total. The summed E-state index contributed by atoms with van der Waals surface area (Å²) in [5.74, 6) is 0.166. The van der Waals surface area contributed by atoms with Gasteiger partial charge in [0.25, 0.3) is 0 Å². The number of aldehydes is 1. The van der Waals surface area contributed by atoms with E-state index in [1.165, 1.54) is 10.6 Å². The molecule has 0 unspecified atom stereocenters. The fourth-order valence-electron chi connectivity index (χ4n) is 4.20. The summed E-state index contributed by atoms with van der Waals surface area (Å²) in [7, 11) is -0.911. The van der Waals surface area contributed by atoms with E-state index >= 15 is 0 Å². The summed E-state index contributed by atoms with van der Waals surface area (Å²) in [5.41, 5.74) is 1.82. The Kier molecular flexibility index (Phi) is 15.2. The van der Waals surface area contributed by atoms with Crippen molar-refractivity contribution in [1.82, 2.24) is 0 Å². The topological polar surface area (TPSA) is 43.4 Å². The molecule has 0 heterocycles. The van der Waals surface area contributed by atoms with Gasteiger partial charge in [0.1, 0.15) is 18.3 Å². The van der Waals surface area contributed by atoms with E-state index in [0.29, 0.717) is 18.8 Å². The van der Waals surface area contributed by atoms with Crippen LogP contribution in [0.1, 0.15) is 33.1 Å². The Morgan fingerprint density at radius 2 is 1.39 bits per heavy atom. The zero-order chi connectivity index (χ0) is 26.5. The predicted octanol–water partition coefficient (Wildman–Crippen LogP) is 6.36. The van der Waals surface area contributed by atoms with Crippen molar-refractivity contribution >= 4 is 30.8 Å². The zero-order valence-corrected chi connectivity index (χ0v) is 24.0. The smallest absolute Gasteiger partial charge is 0.315 e. The van der Waals surface area contributed by atoms with Gasteiger partial charge in [-0.3, -0.25) is 4.79 Å². The largest absolute Gasteiger partial charge is 0.457 e. The van der Waals surface area contributed by atoms with Crippen molar-refractivity contribution in [2.24, 2.45) is 5.92 Å². The van der Waals surface area contributed by atoms with Gasteiger partial charge >= 0.3 is 5.97 Å². The molecule has 0 saturated heterocycles. The molecular weight excluding hydrogens is 531 g/mol. The number of hydrogen-bond donors (Lipinski definition) is 0. The number of esters is 1. The van der Waals surface area contributed by atoms with Crippen molar-refractivity contribution in [1.29, 1.82) is 0 Å². The summed E-state index contributed by atoms with van der Waals surface area (Å²) in [5, 5.41) is 2.35. The van der Waals surface area contributed by atoms with Crippen molar-refractivity contribution in [2.75, 3.05) is 0 Å². The van der Waals surface area contributed by atoms with Gasteiger partial charge in [-0.25, -0.2) is 0 Å².